The molecular weight excluding hydrogens is 291 g/mol. The third-order valence-electron chi connectivity index (χ3n) is 2.87. The van der Waals surface area contributed by atoms with Crippen molar-refractivity contribution in [3.63, 3.8) is 0 Å². The first kappa shape index (κ1) is 15.1. The van der Waals surface area contributed by atoms with Gasteiger partial charge in [0, 0.05) is 35.6 Å². The molecule has 1 atom stereocenters. The summed E-state index contributed by atoms with van der Waals surface area (Å²) in [7, 11) is 0. The summed E-state index contributed by atoms with van der Waals surface area (Å²) in [5.41, 5.74) is 0.303. The largest absolute Gasteiger partial charge is 0.416 e. The van der Waals surface area contributed by atoms with Crippen molar-refractivity contribution in [2.45, 2.75) is 18.0 Å². The van der Waals surface area contributed by atoms with Gasteiger partial charge in [0.05, 0.1) is 5.56 Å². The molecule has 1 unspecified atom stereocenters. The van der Waals surface area contributed by atoms with Crippen molar-refractivity contribution in [3.8, 4) is 0 Å². The summed E-state index contributed by atoms with van der Waals surface area (Å²) < 4.78 is 37.2. The van der Waals surface area contributed by atoms with Crippen LogP contribution in [0.25, 0.3) is 0 Å². The van der Waals surface area contributed by atoms with Crippen molar-refractivity contribution in [2.75, 3.05) is 23.8 Å². The average molecular weight is 307 g/mol. The Balaban J connectivity index is 1.76. The highest BCUT2D eigenvalue weighted by molar-refractivity contribution is 8.06. The van der Waals surface area contributed by atoms with E-state index in [1.54, 1.807) is 12.1 Å². The summed E-state index contributed by atoms with van der Waals surface area (Å²) >= 11 is 3.94. The van der Waals surface area contributed by atoms with Crippen LogP contribution in [0, 0.1) is 0 Å². The van der Waals surface area contributed by atoms with Gasteiger partial charge < -0.3 is 5.32 Å². The lowest BCUT2D eigenvalue weighted by molar-refractivity contribution is -0.137. The molecule has 106 valence electrons. The molecule has 1 nitrogen and oxygen atoms in total. The second-order valence-electron chi connectivity index (χ2n) is 4.39. The van der Waals surface area contributed by atoms with Crippen LogP contribution in [0.15, 0.2) is 24.3 Å². The first-order chi connectivity index (χ1) is 9.05. The molecule has 0 saturated carbocycles. The van der Waals surface area contributed by atoms with Crippen LogP contribution in [0.2, 0.25) is 0 Å². The van der Waals surface area contributed by atoms with E-state index < -0.39 is 11.7 Å². The Morgan fingerprint density at radius 1 is 1.16 bits per heavy atom. The summed E-state index contributed by atoms with van der Waals surface area (Å²) in [4.78, 5) is 0. The predicted octanol–water partition coefficient (Wildman–Crippen LogP) is 3.64. The molecule has 1 fully saturated rings. The van der Waals surface area contributed by atoms with E-state index in [-0.39, 0.29) is 0 Å². The van der Waals surface area contributed by atoms with Crippen molar-refractivity contribution in [1.29, 1.82) is 0 Å². The van der Waals surface area contributed by atoms with Gasteiger partial charge >= 0.3 is 6.18 Å². The molecule has 1 aliphatic rings. The maximum absolute atomic E-state index is 12.4. The van der Waals surface area contributed by atoms with Crippen LogP contribution < -0.4 is 5.32 Å². The van der Waals surface area contributed by atoms with Gasteiger partial charge in [-0.1, -0.05) is 12.1 Å². The van der Waals surface area contributed by atoms with Gasteiger partial charge in [0.1, 0.15) is 0 Å². The molecule has 1 heterocycles. The fourth-order valence-electron chi connectivity index (χ4n) is 1.84. The van der Waals surface area contributed by atoms with Gasteiger partial charge in [-0.25, -0.2) is 0 Å². The lowest BCUT2D eigenvalue weighted by Crippen LogP contribution is -2.28. The minimum atomic E-state index is -4.25. The van der Waals surface area contributed by atoms with Crippen LogP contribution >= 0.6 is 23.5 Å². The highest BCUT2D eigenvalue weighted by atomic mass is 32.2. The minimum Gasteiger partial charge on any atom is -0.312 e. The second kappa shape index (κ2) is 6.90. The van der Waals surface area contributed by atoms with Crippen LogP contribution in [0.1, 0.15) is 11.1 Å². The molecule has 0 radical (unpaired) electrons. The Bertz CT molecular complexity index is 386. The van der Waals surface area contributed by atoms with Crippen LogP contribution in [0.3, 0.4) is 0 Å². The number of benzene rings is 1. The van der Waals surface area contributed by atoms with Crippen molar-refractivity contribution >= 4 is 23.5 Å². The molecule has 0 aromatic heterocycles. The summed E-state index contributed by atoms with van der Waals surface area (Å²) in [5, 5.41) is 3.93. The molecule has 0 amide bonds. The molecule has 1 aromatic rings. The van der Waals surface area contributed by atoms with Gasteiger partial charge in [0.2, 0.25) is 0 Å². The maximum Gasteiger partial charge on any atom is 0.416 e. The van der Waals surface area contributed by atoms with Crippen LogP contribution in [-0.2, 0) is 12.7 Å². The van der Waals surface area contributed by atoms with Crippen molar-refractivity contribution in [1.82, 2.24) is 5.32 Å². The van der Waals surface area contributed by atoms with Crippen LogP contribution in [0.5, 0.6) is 0 Å². The molecular formula is C13H16F3NS2. The molecule has 0 bridgehead atoms. The topological polar surface area (TPSA) is 12.0 Å². The fourth-order valence-corrected chi connectivity index (χ4v) is 4.49. The van der Waals surface area contributed by atoms with E-state index in [1.165, 1.54) is 11.5 Å². The first-order valence-corrected chi connectivity index (χ1v) is 8.32. The summed E-state index contributed by atoms with van der Waals surface area (Å²) in [5.74, 6) is 3.57. The van der Waals surface area contributed by atoms with E-state index in [0.717, 1.165) is 30.0 Å². The number of nitrogens with one attached hydrogen (secondary N) is 1. The van der Waals surface area contributed by atoms with Gasteiger partial charge in [0.25, 0.3) is 0 Å². The fraction of sp³-hybridized carbons (Fsp3) is 0.538. The quantitative estimate of drug-likeness (QED) is 0.912. The molecule has 2 rings (SSSR count). The summed E-state index contributed by atoms with van der Waals surface area (Å²) in [6.45, 7) is 1.54. The van der Waals surface area contributed by atoms with Crippen molar-refractivity contribution in [3.05, 3.63) is 35.4 Å². The first-order valence-electron chi connectivity index (χ1n) is 6.12. The van der Waals surface area contributed by atoms with E-state index in [0.29, 0.717) is 11.8 Å². The predicted molar refractivity (Wildman–Crippen MR) is 76.7 cm³/mol. The lowest BCUT2D eigenvalue weighted by Gasteiger charge is -2.21. The third kappa shape index (κ3) is 4.93. The van der Waals surface area contributed by atoms with Gasteiger partial charge in [-0.3, -0.25) is 0 Å². The van der Waals surface area contributed by atoms with Gasteiger partial charge in [-0.2, -0.15) is 36.7 Å². The molecule has 1 saturated heterocycles. The minimum absolute atomic E-state index is 0.588. The second-order valence-corrected chi connectivity index (χ2v) is 6.95. The molecule has 0 spiro atoms. The van der Waals surface area contributed by atoms with E-state index in [4.69, 9.17) is 0 Å². The molecule has 0 aliphatic carbocycles. The normalized spacial score (nSPS) is 20.5. The van der Waals surface area contributed by atoms with E-state index >= 15 is 0 Å². The summed E-state index contributed by atoms with van der Waals surface area (Å²) in [6, 6.07) is 5.36. The smallest absolute Gasteiger partial charge is 0.312 e. The average Bonchev–Trinajstić information content (AvgIpc) is 2.39. The lowest BCUT2D eigenvalue weighted by atomic mass is 10.1. The molecule has 1 aliphatic heterocycles. The Labute approximate surface area is 119 Å². The number of thioether (sulfide) groups is 2. The zero-order chi connectivity index (χ0) is 13.7. The van der Waals surface area contributed by atoms with Crippen LogP contribution in [0.4, 0.5) is 13.2 Å². The molecule has 1 N–H and O–H groups in total. The van der Waals surface area contributed by atoms with Crippen LogP contribution in [-0.4, -0.2) is 29.1 Å². The molecule has 6 heteroatoms. The zero-order valence-electron chi connectivity index (χ0n) is 10.4. The van der Waals surface area contributed by atoms with Crippen molar-refractivity contribution < 1.29 is 13.2 Å². The van der Waals surface area contributed by atoms with E-state index in [9.17, 15) is 13.2 Å². The maximum atomic E-state index is 12.4. The van der Waals surface area contributed by atoms with Gasteiger partial charge in [0.15, 0.2) is 0 Å². The Morgan fingerprint density at radius 3 is 2.47 bits per heavy atom. The number of rotatable bonds is 4. The summed E-state index contributed by atoms with van der Waals surface area (Å²) in [6.07, 6.45) is -4.25. The molecule has 19 heavy (non-hydrogen) atoms. The molecule has 1 aromatic carbocycles. The SMILES string of the molecule is FC(F)(F)c1ccc(CNCC2CSCCS2)cc1. The number of hydrogen-bond acceptors (Lipinski definition) is 3. The number of hydrogen-bond donors (Lipinski definition) is 1. The Kier molecular flexibility index (Phi) is 5.47. The van der Waals surface area contributed by atoms with Gasteiger partial charge in [-0.15, -0.1) is 0 Å². The zero-order valence-corrected chi connectivity index (χ0v) is 12.0. The Hall–Kier alpha value is -0.330. The third-order valence-corrected chi connectivity index (χ3v) is 5.71. The highest BCUT2D eigenvalue weighted by Crippen LogP contribution is 2.29. The standard InChI is InChI=1S/C13H16F3NS2/c14-13(15,16)11-3-1-10(2-4-11)7-17-8-12-9-18-5-6-19-12/h1-4,12,17H,5-9H2. The number of halogens is 3. The monoisotopic (exact) mass is 307 g/mol. The van der Waals surface area contributed by atoms with Gasteiger partial charge in [-0.05, 0) is 17.7 Å². The van der Waals surface area contributed by atoms with E-state index in [2.05, 4.69) is 5.32 Å². The van der Waals surface area contributed by atoms with Crippen molar-refractivity contribution in [2.24, 2.45) is 0 Å². The highest BCUT2D eigenvalue weighted by Gasteiger charge is 2.29. The van der Waals surface area contributed by atoms with E-state index in [1.807, 2.05) is 23.5 Å². The number of alkyl halides is 3. The Morgan fingerprint density at radius 2 is 1.89 bits per heavy atom.